The van der Waals surface area contributed by atoms with E-state index in [0.717, 1.165) is 12.3 Å². The van der Waals surface area contributed by atoms with E-state index in [9.17, 15) is 0 Å². The third kappa shape index (κ3) is 3.69. The van der Waals surface area contributed by atoms with Gasteiger partial charge in [0, 0.05) is 19.5 Å². The molecule has 0 spiro atoms. The van der Waals surface area contributed by atoms with Gasteiger partial charge in [0.2, 0.25) is 0 Å². The fourth-order valence-corrected chi connectivity index (χ4v) is 3.05. The van der Waals surface area contributed by atoms with Gasteiger partial charge in [0.15, 0.2) is 0 Å². The maximum atomic E-state index is 8.84. The summed E-state index contributed by atoms with van der Waals surface area (Å²) in [5.41, 5.74) is 0.392. The summed E-state index contributed by atoms with van der Waals surface area (Å²) in [5, 5.41) is 8.84. The molecule has 1 aliphatic carbocycles. The molecule has 1 saturated heterocycles. The summed E-state index contributed by atoms with van der Waals surface area (Å²) >= 11 is 0. The van der Waals surface area contributed by atoms with Crippen LogP contribution in [0.25, 0.3) is 0 Å². The monoisotopic (exact) mass is 235 g/mol. The number of nitriles is 1. The topological polar surface area (TPSA) is 30.3 Å². The number of hydrogen-bond acceptors (Lipinski definition) is 3. The van der Waals surface area contributed by atoms with Crippen molar-refractivity contribution in [3.05, 3.63) is 0 Å². The van der Waals surface area contributed by atoms with Crippen LogP contribution in [0.5, 0.6) is 0 Å². The Hall–Kier alpha value is -0.590. The first-order valence-corrected chi connectivity index (χ1v) is 6.88. The molecule has 0 aromatic carbocycles. The average molecular weight is 235 g/mol. The SMILES string of the molecule is CN(C)CC1CCN(CC2(CC#N)CC2)CC1. The van der Waals surface area contributed by atoms with Crippen LogP contribution in [-0.2, 0) is 0 Å². The van der Waals surface area contributed by atoms with E-state index < -0.39 is 0 Å². The fraction of sp³-hybridized carbons (Fsp3) is 0.929. The summed E-state index contributed by atoms with van der Waals surface area (Å²) in [6.07, 6.45) is 5.99. The van der Waals surface area contributed by atoms with E-state index in [1.807, 2.05) is 0 Å². The molecule has 3 heteroatoms. The summed E-state index contributed by atoms with van der Waals surface area (Å²) in [6, 6.07) is 2.36. The molecule has 2 aliphatic rings. The molecule has 1 aliphatic heterocycles. The van der Waals surface area contributed by atoms with E-state index in [0.29, 0.717) is 5.41 Å². The molecule has 96 valence electrons. The predicted molar refractivity (Wildman–Crippen MR) is 69.6 cm³/mol. The normalized spacial score (nSPS) is 24.8. The summed E-state index contributed by atoms with van der Waals surface area (Å²) < 4.78 is 0. The molecule has 17 heavy (non-hydrogen) atoms. The minimum absolute atomic E-state index is 0.392. The van der Waals surface area contributed by atoms with Crippen molar-refractivity contribution < 1.29 is 0 Å². The minimum atomic E-state index is 0.392. The van der Waals surface area contributed by atoms with Gasteiger partial charge in [-0.3, -0.25) is 0 Å². The molecule has 0 unspecified atom stereocenters. The van der Waals surface area contributed by atoms with Gasteiger partial charge >= 0.3 is 0 Å². The molecule has 2 rings (SSSR count). The van der Waals surface area contributed by atoms with Crippen molar-refractivity contribution in [2.75, 3.05) is 40.3 Å². The lowest BCUT2D eigenvalue weighted by Crippen LogP contribution is -2.40. The van der Waals surface area contributed by atoms with Crippen LogP contribution in [0.4, 0.5) is 0 Å². The zero-order chi connectivity index (χ0) is 12.3. The average Bonchev–Trinajstić information content (AvgIpc) is 3.01. The second-order valence-corrected chi connectivity index (χ2v) is 6.32. The van der Waals surface area contributed by atoms with E-state index in [1.165, 1.54) is 51.9 Å². The minimum Gasteiger partial charge on any atom is -0.309 e. The maximum Gasteiger partial charge on any atom is 0.0628 e. The van der Waals surface area contributed by atoms with Gasteiger partial charge < -0.3 is 9.80 Å². The lowest BCUT2D eigenvalue weighted by Gasteiger charge is -2.35. The molecule has 0 radical (unpaired) electrons. The van der Waals surface area contributed by atoms with E-state index in [2.05, 4.69) is 30.0 Å². The highest BCUT2D eigenvalue weighted by Crippen LogP contribution is 2.49. The standard InChI is InChI=1S/C14H25N3/c1-16(2)11-13-3-9-17(10-4-13)12-14(5-6-14)7-8-15/h13H,3-7,9-12H2,1-2H3. The quantitative estimate of drug-likeness (QED) is 0.729. The third-order valence-corrected chi connectivity index (χ3v) is 4.30. The van der Waals surface area contributed by atoms with Crippen molar-refractivity contribution in [2.24, 2.45) is 11.3 Å². The molecule has 0 aromatic rings. The summed E-state index contributed by atoms with van der Waals surface area (Å²) in [5.74, 6) is 0.882. The van der Waals surface area contributed by atoms with Gasteiger partial charge in [-0.2, -0.15) is 5.26 Å². The lowest BCUT2D eigenvalue weighted by molar-refractivity contribution is 0.139. The molecule has 2 fully saturated rings. The summed E-state index contributed by atoms with van der Waals surface area (Å²) in [7, 11) is 4.33. The first-order valence-electron chi connectivity index (χ1n) is 6.88. The first-order chi connectivity index (χ1) is 8.13. The smallest absolute Gasteiger partial charge is 0.0628 e. The van der Waals surface area contributed by atoms with Crippen molar-refractivity contribution in [2.45, 2.75) is 32.1 Å². The summed E-state index contributed by atoms with van der Waals surface area (Å²) in [4.78, 5) is 4.90. The molecule has 0 aromatic heterocycles. The van der Waals surface area contributed by atoms with Crippen molar-refractivity contribution in [3.63, 3.8) is 0 Å². The van der Waals surface area contributed by atoms with Crippen LogP contribution < -0.4 is 0 Å². The fourth-order valence-electron chi connectivity index (χ4n) is 3.05. The Morgan fingerprint density at radius 3 is 2.41 bits per heavy atom. The van der Waals surface area contributed by atoms with Crippen molar-refractivity contribution >= 4 is 0 Å². The van der Waals surface area contributed by atoms with Gasteiger partial charge in [0.25, 0.3) is 0 Å². The van der Waals surface area contributed by atoms with Crippen molar-refractivity contribution in [1.29, 1.82) is 5.26 Å². The molecule has 1 saturated carbocycles. The molecular weight excluding hydrogens is 210 g/mol. The number of nitrogens with zero attached hydrogens (tertiary/aromatic N) is 3. The molecule has 3 nitrogen and oxygen atoms in total. The Morgan fingerprint density at radius 1 is 1.29 bits per heavy atom. The van der Waals surface area contributed by atoms with Crippen LogP contribution in [0.3, 0.4) is 0 Å². The second-order valence-electron chi connectivity index (χ2n) is 6.32. The highest BCUT2D eigenvalue weighted by molar-refractivity contribution is 5.01. The van der Waals surface area contributed by atoms with Gasteiger partial charge in [0.05, 0.1) is 6.07 Å². The Balaban J connectivity index is 1.71. The predicted octanol–water partition coefficient (Wildman–Crippen LogP) is 1.95. The van der Waals surface area contributed by atoms with Gasteiger partial charge in [-0.1, -0.05) is 0 Å². The molecule has 0 N–H and O–H groups in total. The van der Waals surface area contributed by atoms with Gasteiger partial charge in [-0.25, -0.2) is 0 Å². The number of hydrogen-bond donors (Lipinski definition) is 0. The highest BCUT2D eigenvalue weighted by atomic mass is 15.1. The number of rotatable bonds is 5. The van der Waals surface area contributed by atoms with Crippen molar-refractivity contribution in [1.82, 2.24) is 9.80 Å². The molecule has 0 amide bonds. The Morgan fingerprint density at radius 2 is 1.94 bits per heavy atom. The van der Waals surface area contributed by atoms with Crippen LogP contribution in [0, 0.1) is 22.7 Å². The summed E-state index contributed by atoms with van der Waals surface area (Å²) in [6.45, 7) is 4.89. The maximum absolute atomic E-state index is 8.84. The molecule has 0 atom stereocenters. The molecule has 1 heterocycles. The third-order valence-electron chi connectivity index (χ3n) is 4.30. The van der Waals surface area contributed by atoms with Crippen LogP contribution in [0.1, 0.15) is 32.1 Å². The van der Waals surface area contributed by atoms with Crippen molar-refractivity contribution in [3.8, 4) is 6.07 Å². The first kappa shape index (κ1) is 12.9. The zero-order valence-corrected chi connectivity index (χ0v) is 11.3. The highest BCUT2D eigenvalue weighted by Gasteiger charge is 2.43. The van der Waals surface area contributed by atoms with Crippen LogP contribution in [0.15, 0.2) is 0 Å². The van der Waals surface area contributed by atoms with Crippen LogP contribution in [-0.4, -0.2) is 50.1 Å². The number of piperidine rings is 1. The second kappa shape index (κ2) is 5.37. The Bertz CT molecular complexity index is 280. The van der Waals surface area contributed by atoms with Gasteiger partial charge in [-0.05, 0) is 64.2 Å². The van der Waals surface area contributed by atoms with Crippen LogP contribution in [0.2, 0.25) is 0 Å². The van der Waals surface area contributed by atoms with E-state index >= 15 is 0 Å². The largest absolute Gasteiger partial charge is 0.309 e. The zero-order valence-electron chi connectivity index (χ0n) is 11.3. The van der Waals surface area contributed by atoms with E-state index in [-0.39, 0.29) is 0 Å². The van der Waals surface area contributed by atoms with Crippen LogP contribution >= 0.6 is 0 Å². The Kier molecular flexibility index (Phi) is 4.06. The molecular formula is C14H25N3. The van der Waals surface area contributed by atoms with Gasteiger partial charge in [-0.15, -0.1) is 0 Å². The van der Waals surface area contributed by atoms with Gasteiger partial charge in [0.1, 0.15) is 0 Å². The number of likely N-dealkylation sites (tertiary alicyclic amines) is 1. The lowest BCUT2D eigenvalue weighted by atomic mass is 9.94. The Labute approximate surface area is 105 Å². The van der Waals surface area contributed by atoms with E-state index in [1.54, 1.807) is 0 Å². The van der Waals surface area contributed by atoms with E-state index in [4.69, 9.17) is 5.26 Å². The molecule has 0 bridgehead atoms.